The predicted molar refractivity (Wildman–Crippen MR) is 102 cm³/mol. The first-order valence-electron chi connectivity index (χ1n) is 8.48. The molecule has 0 N–H and O–H groups in total. The van der Waals surface area contributed by atoms with Crippen LogP contribution < -0.4 is 4.74 Å². The summed E-state index contributed by atoms with van der Waals surface area (Å²) in [5, 5.41) is 2.00. The van der Waals surface area contributed by atoms with Gasteiger partial charge in [0.05, 0.1) is 13.2 Å². The van der Waals surface area contributed by atoms with Crippen molar-refractivity contribution in [2.75, 3.05) is 32.9 Å². The van der Waals surface area contributed by atoms with Crippen LogP contribution in [0.1, 0.15) is 20.8 Å². The molecule has 3 rings (SSSR count). The summed E-state index contributed by atoms with van der Waals surface area (Å²) >= 11 is 1.61. The van der Waals surface area contributed by atoms with Gasteiger partial charge in [0, 0.05) is 23.5 Å². The van der Waals surface area contributed by atoms with Crippen molar-refractivity contribution in [1.82, 2.24) is 4.90 Å². The lowest BCUT2D eigenvalue weighted by molar-refractivity contribution is -0.137. The van der Waals surface area contributed by atoms with Crippen LogP contribution in [-0.4, -0.2) is 49.5 Å². The minimum Gasteiger partial charge on any atom is -0.484 e. The number of nitrogens with zero attached hydrogens (tertiary/aromatic N) is 1. The number of benzene rings is 1. The third-order valence-electron chi connectivity index (χ3n) is 4.15. The lowest BCUT2D eigenvalue weighted by Gasteiger charge is -2.26. The quantitative estimate of drug-likeness (QED) is 0.578. The number of ether oxygens (including phenoxy) is 2. The predicted octanol–water partition coefficient (Wildman–Crippen LogP) is 3.19. The molecule has 1 saturated heterocycles. The molecule has 1 aromatic heterocycles. The SMILES string of the molecule is Cc1ccsc1/C=C/C(=O)c1ccc(OCC(=O)N2CCOCC2)cc1. The van der Waals surface area contributed by atoms with Crippen LogP contribution in [0, 0.1) is 6.92 Å². The maximum absolute atomic E-state index is 12.2. The van der Waals surface area contributed by atoms with E-state index < -0.39 is 0 Å². The summed E-state index contributed by atoms with van der Waals surface area (Å²) in [6, 6.07) is 8.87. The number of aryl methyl sites for hydroxylation is 1. The number of morpholine rings is 1. The van der Waals surface area contributed by atoms with Crippen LogP contribution >= 0.6 is 11.3 Å². The van der Waals surface area contributed by atoms with Gasteiger partial charge in [-0.3, -0.25) is 9.59 Å². The highest BCUT2D eigenvalue weighted by Gasteiger charge is 2.17. The van der Waals surface area contributed by atoms with Gasteiger partial charge in [0.2, 0.25) is 0 Å². The largest absolute Gasteiger partial charge is 0.484 e. The molecular formula is C20H21NO4S. The molecule has 1 amide bonds. The molecule has 2 aromatic rings. The zero-order valence-corrected chi connectivity index (χ0v) is 15.5. The molecule has 5 nitrogen and oxygen atoms in total. The van der Waals surface area contributed by atoms with Crippen molar-refractivity contribution >= 4 is 29.1 Å². The molecule has 1 fully saturated rings. The molecule has 26 heavy (non-hydrogen) atoms. The zero-order valence-electron chi connectivity index (χ0n) is 14.6. The topological polar surface area (TPSA) is 55.8 Å². The third-order valence-corrected chi connectivity index (χ3v) is 5.14. The lowest BCUT2D eigenvalue weighted by Crippen LogP contribution is -2.42. The summed E-state index contributed by atoms with van der Waals surface area (Å²) in [7, 11) is 0. The number of rotatable bonds is 6. The fraction of sp³-hybridized carbons (Fsp3) is 0.300. The molecule has 0 aliphatic carbocycles. The fourth-order valence-electron chi connectivity index (χ4n) is 2.57. The fourth-order valence-corrected chi connectivity index (χ4v) is 3.39. The molecule has 0 radical (unpaired) electrons. The van der Waals surface area contributed by atoms with Crippen molar-refractivity contribution in [2.24, 2.45) is 0 Å². The van der Waals surface area contributed by atoms with Crippen molar-refractivity contribution in [1.29, 1.82) is 0 Å². The highest BCUT2D eigenvalue weighted by molar-refractivity contribution is 7.11. The average Bonchev–Trinajstić information content (AvgIpc) is 3.10. The van der Waals surface area contributed by atoms with Crippen molar-refractivity contribution in [2.45, 2.75) is 6.92 Å². The number of thiophene rings is 1. The van der Waals surface area contributed by atoms with E-state index in [0.29, 0.717) is 37.6 Å². The van der Waals surface area contributed by atoms with Gasteiger partial charge < -0.3 is 14.4 Å². The van der Waals surface area contributed by atoms with Gasteiger partial charge in [0.15, 0.2) is 12.4 Å². The number of allylic oxidation sites excluding steroid dienone is 1. The summed E-state index contributed by atoms with van der Waals surface area (Å²) < 4.78 is 10.8. The van der Waals surface area contributed by atoms with E-state index in [1.807, 2.05) is 24.4 Å². The van der Waals surface area contributed by atoms with Crippen molar-refractivity contribution in [3.63, 3.8) is 0 Å². The number of amides is 1. The molecular weight excluding hydrogens is 350 g/mol. The second-order valence-electron chi connectivity index (χ2n) is 5.97. The highest BCUT2D eigenvalue weighted by atomic mass is 32.1. The van der Waals surface area contributed by atoms with Gasteiger partial charge in [0.1, 0.15) is 5.75 Å². The van der Waals surface area contributed by atoms with Gasteiger partial charge in [-0.15, -0.1) is 11.3 Å². The van der Waals surface area contributed by atoms with E-state index in [-0.39, 0.29) is 18.3 Å². The van der Waals surface area contributed by atoms with Crippen LogP contribution in [0.5, 0.6) is 5.75 Å². The maximum Gasteiger partial charge on any atom is 0.260 e. The molecule has 1 aliphatic rings. The second kappa shape index (κ2) is 8.78. The first kappa shape index (κ1) is 18.4. The smallest absolute Gasteiger partial charge is 0.260 e. The van der Waals surface area contributed by atoms with E-state index in [9.17, 15) is 9.59 Å². The minimum atomic E-state index is -0.0613. The Labute approximate surface area is 156 Å². The van der Waals surface area contributed by atoms with Crippen LogP contribution in [0.3, 0.4) is 0 Å². The van der Waals surface area contributed by atoms with E-state index in [0.717, 1.165) is 10.4 Å². The third kappa shape index (κ3) is 4.80. The molecule has 0 spiro atoms. The number of hydrogen-bond donors (Lipinski definition) is 0. The van der Waals surface area contributed by atoms with Crippen LogP contribution in [0.25, 0.3) is 6.08 Å². The van der Waals surface area contributed by atoms with Gasteiger partial charge in [-0.2, -0.15) is 0 Å². The first-order chi connectivity index (χ1) is 12.6. The summed E-state index contributed by atoms with van der Waals surface area (Å²) in [6.07, 6.45) is 3.42. The molecule has 0 unspecified atom stereocenters. The molecule has 1 aromatic carbocycles. The molecule has 6 heteroatoms. The first-order valence-corrected chi connectivity index (χ1v) is 9.36. The Kier molecular flexibility index (Phi) is 6.20. The summed E-state index contributed by atoms with van der Waals surface area (Å²) in [4.78, 5) is 27.1. The van der Waals surface area contributed by atoms with E-state index in [2.05, 4.69) is 0 Å². The highest BCUT2D eigenvalue weighted by Crippen LogP contribution is 2.18. The Balaban J connectivity index is 1.53. The molecule has 2 heterocycles. The second-order valence-corrected chi connectivity index (χ2v) is 6.92. The normalized spacial score (nSPS) is 14.6. The van der Waals surface area contributed by atoms with Gasteiger partial charge in [-0.1, -0.05) is 0 Å². The van der Waals surface area contributed by atoms with E-state index in [1.165, 1.54) is 0 Å². The Morgan fingerprint density at radius 2 is 1.92 bits per heavy atom. The van der Waals surface area contributed by atoms with Crippen LogP contribution in [0.4, 0.5) is 0 Å². The van der Waals surface area contributed by atoms with Gasteiger partial charge >= 0.3 is 0 Å². The van der Waals surface area contributed by atoms with Gasteiger partial charge in [-0.25, -0.2) is 0 Å². The number of carbonyl (C=O) groups excluding carboxylic acids is 2. The number of ketones is 1. The van der Waals surface area contributed by atoms with E-state index in [4.69, 9.17) is 9.47 Å². The number of carbonyl (C=O) groups is 2. The van der Waals surface area contributed by atoms with Crippen molar-refractivity contribution in [3.05, 3.63) is 57.8 Å². The molecule has 1 aliphatic heterocycles. The van der Waals surface area contributed by atoms with E-state index >= 15 is 0 Å². The van der Waals surface area contributed by atoms with Gasteiger partial charge in [-0.05, 0) is 60.4 Å². The molecule has 136 valence electrons. The minimum absolute atomic E-state index is 0.00908. The van der Waals surface area contributed by atoms with Crippen LogP contribution in [0.15, 0.2) is 41.8 Å². The Morgan fingerprint density at radius 1 is 1.19 bits per heavy atom. The average molecular weight is 371 g/mol. The van der Waals surface area contributed by atoms with Crippen molar-refractivity contribution < 1.29 is 19.1 Å². The summed E-state index contributed by atoms with van der Waals surface area (Å²) in [6.45, 7) is 4.36. The standard InChI is InChI=1S/C20H21NO4S/c1-15-8-13-26-19(15)7-6-18(22)16-2-4-17(5-3-16)25-14-20(23)21-9-11-24-12-10-21/h2-8,13H,9-12,14H2,1H3/b7-6+. The Hall–Kier alpha value is -2.44. The van der Waals surface area contributed by atoms with Crippen LogP contribution in [-0.2, 0) is 9.53 Å². The summed E-state index contributed by atoms with van der Waals surface area (Å²) in [5.74, 6) is 0.456. The molecule has 0 saturated carbocycles. The lowest BCUT2D eigenvalue weighted by atomic mass is 10.1. The number of hydrogen-bond acceptors (Lipinski definition) is 5. The van der Waals surface area contributed by atoms with Crippen LogP contribution in [0.2, 0.25) is 0 Å². The summed E-state index contributed by atoms with van der Waals surface area (Å²) in [5.41, 5.74) is 1.75. The molecule has 0 bridgehead atoms. The Bertz CT molecular complexity index is 788. The van der Waals surface area contributed by atoms with Gasteiger partial charge in [0.25, 0.3) is 5.91 Å². The van der Waals surface area contributed by atoms with E-state index in [1.54, 1.807) is 46.6 Å². The zero-order chi connectivity index (χ0) is 18.4. The van der Waals surface area contributed by atoms with Crippen molar-refractivity contribution in [3.8, 4) is 5.75 Å². The molecule has 0 atom stereocenters. The maximum atomic E-state index is 12.2. The Morgan fingerprint density at radius 3 is 2.58 bits per heavy atom. The monoisotopic (exact) mass is 371 g/mol.